The third kappa shape index (κ3) is 27.9. The van der Waals surface area contributed by atoms with E-state index in [2.05, 4.69) is 13.2 Å². The number of esters is 3. The molecule has 214 valence electrons. The summed E-state index contributed by atoms with van der Waals surface area (Å²) in [4.78, 5) is 34.0. The Balaban J connectivity index is 3.25. The van der Waals surface area contributed by atoms with Gasteiger partial charge >= 0.3 is 17.9 Å². The van der Waals surface area contributed by atoms with Crippen LogP contribution in [0.15, 0.2) is 25.5 Å². The predicted molar refractivity (Wildman–Crippen MR) is 131 cm³/mol. The molecule has 0 aliphatic heterocycles. The second-order valence-electron chi connectivity index (χ2n) is 7.31. The van der Waals surface area contributed by atoms with E-state index in [0.29, 0.717) is 52.1 Å². The summed E-state index contributed by atoms with van der Waals surface area (Å²) in [6.07, 6.45) is 6.30. The summed E-state index contributed by atoms with van der Waals surface area (Å²) >= 11 is 0. The van der Waals surface area contributed by atoms with Crippen molar-refractivity contribution in [1.82, 2.24) is 0 Å². The van der Waals surface area contributed by atoms with Crippen molar-refractivity contribution >= 4 is 17.9 Å². The van der Waals surface area contributed by atoms with E-state index in [1.807, 2.05) is 0 Å². The van der Waals surface area contributed by atoms with E-state index in [1.165, 1.54) is 6.26 Å². The number of hydrogen-bond acceptors (Lipinski definition) is 12. The molecule has 37 heavy (non-hydrogen) atoms. The second kappa shape index (κ2) is 28.1. The van der Waals surface area contributed by atoms with Crippen LogP contribution >= 0.6 is 0 Å². The van der Waals surface area contributed by atoms with Crippen molar-refractivity contribution < 1.29 is 57.0 Å². The van der Waals surface area contributed by atoms with Crippen LogP contribution in [0, 0.1) is 0 Å². The molecular formula is C25H42O12. The molecule has 0 saturated carbocycles. The molecule has 0 unspecified atom stereocenters. The van der Waals surface area contributed by atoms with Crippen LogP contribution in [-0.2, 0) is 57.0 Å². The van der Waals surface area contributed by atoms with Gasteiger partial charge in [0.15, 0.2) is 6.79 Å². The molecule has 0 aromatic heterocycles. The van der Waals surface area contributed by atoms with Crippen LogP contribution in [0.4, 0.5) is 0 Å². The third-order valence-corrected chi connectivity index (χ3v) is 4.27. The quantitative estimate of drug-likeness (QED) is 0.0365. The molecule has 0 heterocycles. The number of hydrogen-bond donors (Lipinski definition) is 0. The first kappa shape index (κ1) is 34.5. The maximum Gasteiger partial charge on any atom is 0.330 e. The highest BCUT2D eigenvalue weighted by Gasteiger charge is 2.04. The van der Waals surface area contributed by atoms with E-state index >= 15 is 0 Å². The third-order valence-electron chi connectivity index (χ3n) is 4.27. The zero-order valence-corrected chi connectivity index (χ0v) is 21.7. The van der Waals surface area contributed by atoms with Crippen molar-refractivity contribution in [2.45, 2.75) is 44.9 Å². The summed E-state index contributed by atoms with van der Waals surface area (Å²) in [5, 5.41) is 0. The summed E-state index contributed by atoms with van der Waals surface area (Å²) in [6.45, 7) is 9.50. The molecule has 12 heteroatoms. The lowest BCUT2D eigenvalue weighted by atomic mass is 10.2. The van der Waals surface area contributed by atoms with Crippen LogP contribution in [-0.4, -0.2) is 91.1 Å². The Hall–Kier alpha value is -2.51. The molecule has 0 amide bonds. The molecule has 0 aliphatic rings. The maximum atomic E-state index is 11.7. The van der Waals surface area contributed by atoms with E-state index in [4.69, 9.17) is 42.6 Å². The van der Waals surface area contributed by atoms with E-state index in [-0.39, 0.29) is 65.2 Å². The molecule has 0 rings (SSSR count). The zero-order chi connectivity index (χ0) is 27.2. The second-order valence-corrected chi connectivity index (χ2v) is 7.31. The number of ether oxygens (including phenoxy) is 9. The van der Waals surface area contributed by atoms with E-state index < -0.39 is 5.97 Å². The van der Waals surface area contributed by atoms with Crippen molar-refractivity contribution in [2.24, 2.45) is 0 Å². The molecule has 12 nitrogen and oxygen atoms in total. The highest BCUT2D eigenvalue weighted by atomic mass is 16.7. The van der Waals surface area contributed by atoms with Crippen LogP contribution in [0.3, 0.4) is 0 Å². The molecule has 0 atom stereocenters. The fraction of sp³-hybridized carbons (Fsp3) is 0.720. The summed E-state index contributed by atoms with van der Waals surface area (Å²) in [5.74, 6) is -1.05. The Morgan fingerprint density at radius 3 is 1.65 bits per heavy atom. The molecule has 0 aromatic carbocycles. The smallest absolute Gasteiger partial charge is 0.330 e. The summed E-state index contributed by atoms with van der Waals surface area (Å²) in [7, 11) is 0. The molecule has 0 spiro atoms. The van der Waals surface area contributed by atoms with Crippen molar-refractivity contribution in [1.29, 1.82) is 0 Å². The standard InChI is InChI=1S/C25H42O12/c1-3-23(26)36-18-16-34-22-32-14-9-11-25(28)35-15-8-7-13-31-21-30-12-6-5-10-24(27)37-19-17-33-20-29-4-2/h3-4H,1-2,5-22H2. The molecule has 0 N–H and O–H groups in total. The molecule has 0 fully saturated rings. The van der Waals surface area contributed by atoms with Crippen LogP contribution in [0.2, 0.25) is 0 Å². The normalized spacial score (nSPS) is 10.5. The SMILES string of the molecule is C=COCOCCOC(=O)CCCCOCOCCCCOC(=O)CCCOCOCCOC(=O)C=C. The molecule has 0 radical (unpaired) electrons. The van der Waals surface area contributed by atoms with Crippen molar-refractivity contribution in [2.75, 3.05) is 73.2 Å². The Bertz CT molecular complexity index is 596. The Kier molecular flexibility index (Phi) is 26.2. The van der Waals surface area contributed by atoms with Gasteiger partial charge in [0.05, 0.1) is 26.1 Å². The van der Waals surface area contributed by atoms with Gasteiger partial charge in [-0.3, -0.25) is 9.59 Å². The van der Waals surface area contributed by atoms with Crippen LogP contribution in [0.1, 0.15) is 44.9 Å². The van der Waals surface area contributed by atoms with E-state index in [1.54, 1.807) is 0 Å². The summed E-state index contributed by atoms with van der Waals surface area (Å²) in [5.41, 5.74) is 0. The summed E-state index contributed by atoms with van der Waals surface area (Å²) < 4.78 is 45.8. The average Bonchev–Trinajstić information content (AvgIpc) is 2.90. The van der Waals surface area contributed by atoms with Gasteiger partial charge in [-0.2, -0.15) is 0 Å². The maximum absolute atomic E-state index is 11.7. The predicted octanol–water partition coefficient (Wildman–Crippen LogP) is 2.65. The van der Waals surface area contributed by atoms with Gasteiger partial charge in [0.2, 0.25) is 0 Å². The fourth-order valence-corrected chi connectivity index (χ4v) is 2.41. The fourth-order valence-electron chi connectivity index (χ4n) is 2.41. The van der Waals surface area contributed by atoms with Gasteiger partial charge in [0, 0.05) is 38.7 Å². The van der Waals surface area contributed by atoms with Gasteiger partial charge in [-0.1, -0.05) is 13.2 Å². The average molecular weight is 535 g/mol. The van der Waals surface area contributed by atoms with Crippen molar-refractivity contribution in [3.8, 4) is 0 Å². The van der Waals surface area contributed by atoms with Crippen molar-refractivity contribution in [3.05, 3.63) is 25.5 Å². The van der Waals surface area contributed by atoms with E-state index in [0.717, 1.165) is 18.9 Å². The number of carbonyl (C=O) groups is 3. The Morgan fingerprint density at radius 1 is 0.514 bits per heavy atom. The zero-order valence-electron chi connectivity index (χ0n) is 21.7. The highest BCUT2D eigenvalue weighted by molar-refractivity contribution is 5.81. The van der Waals surface area contributed by atoms with Gasteiger partial charge in [-0.25, -0.2) is 4.79 Å². The monoisotopic (exact) mass is 534 g/mol. The minimum absolute atomic E-state index is 0.0587. The van der Waals surface area contributed by atoms with Gasteiger partial charge in [-0.15, -0.1) is 0 Å². The van der Waals surface area contributed by atoms with Crippen molar-refractivity contribution in [3.63, 3.8) is 0 Å². The molecule has 0 aromatic rings. The number of carbonyl (C=O) groups excluding carboxylic acids is 3. The Labute approximate surface area is 219 Å². The van der Waals surface area contributed by atoms with Gasteiger partial charge < -0.3 is 42.6 Å². The molecule has 0 saturated heterocycles. The Morgan fingerprint density at radius 2 is 1.00 bits per heavy atom. The van der Waals surface area contributed by atoms with Gasteiger partial charge in [0.1, 0.15) is 26.8 Å². The van der Waals surface area contributed by atoms with Gasteiger partial charge in [-0.05, 0) is 32.1 Å². The largest absolute Gasteiger partial charge is 0.476 e. The lowest BCUT2D eigenvalue weighted by Crippen LogP contribution is -2.11. The first-order chi connectivity index (χ1) is 18.1. The number of unbranched alkanes of at least 4 members (excludes halogenated alkanes) is 2. The first-order valence-electron chi connectivity index (χ1n) is 12.3. The lowest BCUT2D eigenvalue weighted by molar-refractivity contribution is -0.147. The summed E-state index contributed by atoms with van der Waals surface area (Å²) in [6, 6.07) is 0. The molecule has 0 aliphatic carbocycles. The van der Waals surface area contributed by atoms with Crippen LogP contribution in [0.25, 0.3) is 0 Å². The van der Waals surface area contributed by atoms with Crippen LogP contribution < -0.4 is 0 Å². The minimum Gasteiger partial charge on any atom is -0.476 e. The lowest BCUT2D eigenvalue weighted by Gasteiger charge is -2.08. The molecular weight excluding hydrogens is 492 g/mol. The van der Waals surface area contributed by atoms with E-state index in [9.17, 15) is 14.4 Å². The first-order valence-corrected chi connectivity index (χ1v) is 12.3. The topological polar surface area (TPSA) is 134 Å². The molecule has 0 bridgehead atoms. The number of rotatable bonds is 28. The minimum atomic E-state index is -0.500. The van der Waals surface area contributed by atoms with Gasteiger partial charge in [0.25, 0.3) is 0 Å². The highest BCUT2D eigenvalue weighted by Crippen LogP contribution is 2.00. The van der Waals surface area contributed by atoms with Crippen LogP contribution in [0.5, 0.6) is 0 Å².